The number of nitrogens with one attached hydrogen (secondary N) is 3. The summed E-state index contributed by atoms with van der Waals surface area (Å²) in [6, 6.07) is 5.66. The molecule has 1 aliphatic rings. The van der Waals surface area contributed by atoms with Gasteiger partial charge in [0.25, 0.3) is 5.91 Å². The Morgan fingerprint density at radius 1 is 1.42 bits per heavy atom. The zero-order valence-electron chi connectivity index (χ0n) is 11.2. The zero-order chi connectivity index (χ0) is 13.8. The summed E-state index contributed by atoms with van der Waals surface area (Å²) in [6.45, 7) is 2.43. The van der Waals surface area contributed by atoms with Crippen LogP contribution in [0.3, 0.4) is 0 Å². The summed E-state index contributed by atoms with van der Waals surface area (Å²) in [4.78, 5) is 23.2. The van der Waals surface area contributed by atoms with Crippen molar-refractivity contribution in [2.75, 3.05) is 18.9 Å². The SMILES string of the molecule is CNc1ccc(C(=O)NC2CCC(=O)NC2)c(C)c1. The fourth-order valence-corrected chi connectivity index (χ4v) is 2.19. The highest BCUT2D eigenvalue weighted by Gasteiger charge is 2.20. The highest BCUT2D eigenvalue weighted by Crippen LogP contribution is 2.15. The van der Waals surface area contributed by atoms with Crippen molar-refractivity contribution < 1.29 is 9.59 Å². The lowest BCUT2D eigenvalue weighted by molar-refractivity contribution is -0.122. The maximum Gasteiger partial charge on any atom is 0.251 e. The third-order valence-electron chi connectivity index (χ3n) is 3.36. The molecule has 1 unspecified atom stereocenters. The van der Waals surface area contributed by atoms with E-state index in [1.54, 1.807) is 0 Å². The molecule has 0 saturated carbocycles. The van der Waals surface area contributed by atoms with Gasteiger partial charge >= 0.3 is 0 Å². The Morgan fingerprint density at radius 3 is 2.79 bits per heavy atom. The molecule has 1 aromatic rings. The molecule has 1 fully saturated rings. The number of hydrogen-bond acceptors (Lipinski definition) is 3. The van der Waals surface area contributed by atoms with Crippen LogP contribution in [-0.2, 0) is 4.79 Å². The molecule has 1 heterocycles. The van der Waals surface area contributed by atoms with Gasteiger partial charge in [-0.1, -0.05) is 0 Å². The van der Waals surface area contributed by atoms with Crippen LogP contribution in [0.15, 0.2) is 18.2 Å². The number of carbonyl (C=O) groups is 2. The Hall–Kier alpha value is -2.04. The molecule has 0 radical (unpaired) electrons. The van der Waals surface area contributed by atoms with E-state index in [4.69, 9.17) is 0 Å². The van der Waals surface area contributed by atoms with Crippen LogP contribution in [0, 0.1) is 6.92 Å². The summed E-state index contributed by atoms with van der Waals surface area (Å²) >= 11 is 0. The minimum absolute atomic E-state index is 0.0218. The van der Waals surface area contributed by atoms with Crippen LogP contribution in [0.2, 0.25) is 0 Å². The molecule has 3 N–H and O–H groups in total. The van der Waals surface area contributed by atoms with E-state index in [2.05, 4.69) is 16.0 Å². The van der Waals surface area contributed by atoms with Crippen LogP contribution in [0.1, 0.15) is 28.8 Å². The molecule has 19 heavy (non-hydrogen) atoms. The largest absolute Gasteiger partial charge is 0.388 e. The molecule has 1 atom stereocenters. The predicted molar refractivity (Wildman–Crippen MR) is 74.2 cm³/mol. The average Bonchev–Trinajstić information content (AvgIpc) is 2.41. The fraction of sp³-hybridized carbons (Fsp3) is 0.429. The Morgan fingerprint density at radius 2 is 2.21 bits per heavy atom. The van der Waals surface area contributed by atoms with Gasteiger partial charge in [-0.15, -0.1) is 0 Å². The number of aryl methyl sites for hydroxylation is 1. The third-order valence-corrected chi connectivity index (χ3v) is 3.36. The highest BCUT2D eigenvalue weighted by molar-refractivity contribution is 5.96. The van der Waals surface area contributed by atoms with E-state index >= 15 is 0 Å². The number of anilines is 1. The van der Waals surface area contributed by atoms with Gasteiger partial charge in [-0.05, 0) is 37.1 Å². The zero-order valence-corrected chi connectivity index (χ0v) is 11.2. The first-order valence-corrected chi connectivity index (χ1v) is 6.46. The molecule has 5 nitrogen and oxygen atoms in total. The second-order valence-corrected chi connectivity index (χ2v) is 4.79. The predicted octanol–water partition coefficient (Wildman–Crippen LogP) is 1.05. The van der Waals surface area contributed by atoms with Crippen LogP contribution in [0.5, 0.6) is 0 Å². The van der Waals surface area contributed by atoms with E-state index in [-0.39, 0.29) is 17.9 Å². The minimum Gasteiger partial charge on any atom is -0.388 e. The van der Waals surface area contributed by atoms with Gasteiger partial charge in [-0.2, -0.15) is 0 Å². The second kappa shape index (κ2) is 5.73. The van der Waals surface area contributed by atoms with Crippen molar-refractivity contribution in [3.05, 3.63) is 29.3 Å². The van der Waals surface area contributed by atoms with Crippen LogP contribution >= 0.6 is 0 Å². The number of carbonyl (C=O) groups excluding carboxylic acids is 2. The number of amides is 2. The van der Waals surface area contributed by atoms with Gasteiger partial charge in [-0.3, -0.25) is 9.59 Å². The summed E-state index contributed by atoms with van der Waals surface area (Å²) in [5.41, 5.74) is 2.60. The topological polar surface area (TPSA) is 70.2 Å². The molecule has 0 bridgehead atoms. The van der Waals surface area contributed by atoms with Crippen molar-refractivity contribution in [1.29, 1.82) is 0 Å². The van der Waals surface area contributed by atoms with Crippen molar-refractivity contribution >= 4 is 17.5 Å². The lowest BCUT2D eigenvalue weighted by Gasteiger charge is -2.23. The van der Waals surface area contributed by atoms with Crippen molar-refractivity contribution in [3.63, 3.8) is 0 Å². The summed E-state index contributed by atoms with van der Waals surface area (Å²) in [6.07, 6.45) is 1.17. The molecule has 0 spiro atoms. The minimum atomic E-state index is -0.0821. The first kappa shape index (κ1) is 13.4. The Bertz CT molecular complexity index is 489. The molecule has 0 aromatic heterocycles. The first-order chi connectivity index (χ1) is 9.10. The lowest BCUT2D eigenvalue weighted by atomic mass is 10.0. The number of piperidine rings is 1. The van der Waals surface area contributed by atoms with Gasteiger partial charge in [0, 0.05) is 37.3 Å². The molecule has 2 rings (SSSR count). The fourth-order valence-electron chi connectivity index (χ4n) is 2.19. The average molecular weight is 261 g/mol. The van der Waals surface area contributed by atoms with Gasteiger partial charge in [0.05, 0.1) is 0 Å². The molecular formula is C14H19N3O2. The van der Waals surface area contributed by atoms with Gasteiger partial charge in [-0.25, -0.2) is 0 Å². The van der Waals surface area contributed by atoms with Crippen molar-refractivity contribution in [2.45, 2.75) is 25.8 Å². The Labute approximate surface area is 112 Å². The van der Waals surface area contributed by atoms with E-state index in [1.807, 2.05) is 32.2 Å². The Balaban J connectivity index is 2.01. The lowest BCUT2D eigenvalue weighted by Crippen LogP contribution is -2.47. The number of benzene rings is 1. The third kappa shape index (κ3) is 3.24. The van der Waals surface area contributed by atoms with E-state index < -0.39 is 0 Å². The summed E-state index contributed by atoms with van der Waals surface area (Å²) in [5.74, 6) is -0.0265. The summed E-state index contributed by atoms with van der Waals surface area (Å²) in [7, 11) is 1.85. The number of hydrogen-bond donors (Lipinski definition) is 3. The van der Waals surface area contributed by atoms with Crippen LogP contribution in [-0.4, -0.2) is 31.4 Å². The molecule has 2 amide bonds. The van der Waals surface area contributed by atoms with Crippen LogP contribution < -0.4 is 16.0 Å². The van der Waals surface area contributed by atoms with E-state index in [9.17, 15) is 9.59 Å². The quantitative estimate of drug-likeness (QED) is 0.761. The maximum absolute atomic E-state index is 12.2. The second-order valence-electron chi connectivity index (χ2n) is 4.79. The molecule has 5 heteroatoms. The summed E-state index contributed by atoms with van der Waals surface area (Å²) < 4.78 is 0. The van der Waals surface area contributed by atoms with E-state index in [0.29, 0.717) is 24.9 Å². The highest BCUT2D eigenvalue weighted by atomic mass is 16.2. The molecule has 102 valence electrons. The Kier molecular flexibility index (Phi) is 4.04. The molecule has 0 aliphatic carbocycles. The van der Waals surface area contributed by atoms with Crippen LogP contribution in [0.25, 0.3) is 0 Å². The van der Waals surface area contributed by atoms with Crippen molar-refractivity contribution in [1.82, 2.24) is 10.6 Å². The van der Waals surface area contributed by atoms with E-state index in [1.165, 1.54) is 0 Å². The van der Waals surface area contributed by atoms with Crippen molar-refractivity contribution in [2.24, 2.45) is 0 Å². The molecule has 1 aliphatic heterocycles. The van der Waals surface area contributed by atoms with Gasteiger partial charge < -0.3 is 16.0 Å². The summed E-state index contributed by atoms with van der Waals surface area (Å²) in [5, 5.41) is 8.76. The van der Waals surface area contributed by atoms with Crippen LogP contribution in [0.4, 0.5) is 5.69 Å². The van der Waals surface area contributed by atoms with E-state index in [0.717, 1.165) is 11.3 Å². The standard InChI is InChI=1S/C14H19N3O2/c1-9-7-10(15-2)3-5-12(9)14(19)17-11-4-6-13(18)16-8-11/h3,5,7,11,15H,4,6,8H2,1-2H3,(H,16,18)(H,17,19). The monoisotopic (exact) mass is 261 g/mol. The van der Waals surface area contributed by atoms with Crippen molar-refractivity contribution in [3.8, 4) is 0 Å². The normalized spacial score (nSPS) is 18.6. The molecular weight excluding hydrogens is 242 g/mol. The molecule has 1 saturated heterocycles. The molecule has 1 aromatic carbocycles. The smallest absolute Gasteiger partial charge is 0.251 e. The first-order valence-electron chi connectivity index (χ1n) is 6.46. The maximum atomic E-state index is 12.2. The number of rotatable bonds is 3. The van der Waals surface area contributed by atoms with Gasteiger partial charge in [0.15, 0.2) is 0 Å². The van der Waals surface area contributed by atoms with Gasteiger partial charge in [0.1, 0.15) is 0 Å². The van der Waals surface area contributed by atoms with Gasteiger partial charge in [0.2, 0.25) is 5.91 Å².